The van der Waals surface area contributed by atoms with E-state index < -0.39 is 0 Å². The van der Waals surface area contributed by atoms with Gasteiger partial charge in [-0.05, 0) is 24.5 Å². The summed E-state index contributed by atoms with van der Waals surface area (Å²) in [5.41, 5.74) is 1.69. The summed E-state index contributed by atoms with van der Waals surface area (Å²) in [6.45, 7) is 4.26. The van der Waals surface area contributed by atoms with Gasteiger partial charge in [-0.3, -0.25) is 9.48 Å². The van der Waals surface area contributed by atoms with Crippen molar-refractivity contribution in [3.05, 3.63) is 48.2 Å². The van der Waals surface area contributed by atoms with Crippen LogP contribution in [-0.2, 0) is 14.1 Å². The Labute approximate surface area is 141 Å². The van der Waals surface area contributed by atoms with E-state index in [0.717, 1.165) is 23.1 Å². The number of nitrogens with one attached hydrogen (secondary N) is 1. The van der Waals surface area contributed by atoms with E-state index in [-0.39, 0.29) is 11.9 Å². The number of fused-ring (bicyclic) bond motifs is 1. The van der Waals surface area contributed by atoms with Crippen molar-refractivity contribution >= 4 is 16.8 Å². The van der Waals surface area contributed by atoms with Crippen molar-refractivity contribution in [3.8, 4) is 0 Å². The fourth-order valence-corrected chi connectivity index (χ4v) is 3.06. The van der Waals surface area contributed by atoms with Crippen LogP contribution < -0.4 is 5.32 Å². The summed E-state index contributed by atoms with van der Waals surface area (Å²) < 4.78 is 3.64. The van der Waals surface area contributed by atoms with Gasteiger partial charge in [0.05, 0.1) is 6.04 Å². The summed E-state index contributed by atoms with van der Waals surface area (Å²) in [4.78, 5) is 17.2. The van der Waals surface area contributed by atoms with E-state index in [9.17, 15) is 4.79 Å². The third-order valence-corrected chi connectivity index (χ3v) is 4.25. The molecule has 0 spiro atoms. The van der Waals surface area contributed by atoms with Crippen LogP contribution in [0.5, 0.6) is 0 Å². The molecule has 1 N–H and O–H groups in total. The van der Waals surface area contributed by atoms with Crippen LogP contribution in [0.25, 0.3) is 10.9 Å². The van der Waals surface area contributed by atoms with Crippen molar-refractivity contribution in [3.63, 3.8) is 0 Å². The summed E-state index contributed by atoms with van der Waals surface area (Å²) in [7, 11) is 3.76. The molecule has 0 bridgehead atoms. The van der Waals surface area contributed by atoms with Gasteiger partial charge in [0, 0.05) is 25.0 Å². The molecule has 0 aliphatic carbocycles. The fourth-order valence-electron chi connectivity index (χ4n) is 3.06. The van der Waals surface area contributed by atoms with Crippen LogP contribution in [0.3, 0.4) is 0 Å². The molecule has 1 atom stereocenters. The monoisotopic (exact) mass is 325 g/mol. The highest BCUT2D eigenvalue weighted by Crippen LogP contribution is 2.22. The van der Waals surface area contributed by atoms with Gasteiger partial charge >= 0.3 is 0 Å². The van der Waals surface area contributed by atoms with Gasteiger partial charge < -0.3 is 9.88 Å². The number of benzene rings is 1. The van der Waals surface area contributed by atoms with E-state index >= 15 is 0 Å². The normalized spacial score (nSPS) is 12.7. The Morgan fingerprint density at radius 3 is 2.62 bits per heavy atom. The first kappa shape index (κ1) is 16.2. The average Bonchev–Trinajstić information content (AvgIpc) is 3.10. The minimum atomic E-state index is -0.164. The Hall–Kier alpha value is -2.63. The van der Waals surface area contributed by atoms with Gasteiger partial charge in [0.25, 0.3) is 5.91 Å². The second kappa shape index (κ2) is 6.47. The minimum Gasteiger partial charge on any atom is -0.341 e. The number of carbonyl (C=O) groups excluding carboxylic acids is 1. The van der Waals surface area contributed by atoms with Gasteiger partial charge in [-0.15, -0.1) is 0 Å². The molecule has 0 aliphatic rings. The van der Waals surface area contributed by atoms with Crippen LogP contribution in [0.2, 0.25) is 0 Å². The molecule has 0 unspecified atom stereocenters. The zero-order chi connectivity index (χ0) is 17.3. The predicted molar refractivity (Wildman–Crippen MR) is 93.6 cm³/mol. The quantitative estimate of drug-likeness (QED) is 0.784. The van der Waals surface area contributed by atoms with Gasteiger partial charge in [-0.25, -0.2) is 4.98 Å². The highest BCUT2D eigenvalue weighted by Gasteiger charge is 2.22. The smallest absolute Gasteiger partial charge is 0.268 e. The molecule has 0 fully saturated rings. The van der Waals surface area contributed by atoms with Gasteiger partial charge in [-0.1, -0.05) is 32.0 Å². The highest BCUT2D eigenvalue weighted by molar-refractivity contribution is 5.98. The Kier molecular flexibility index (Phi) is 4.38. The second-order valence-corrected chi connectivity index (χ2v) is 6.54. The molecule has 1 amide bonds. The Balaban J connectivity index is 1.90. The van der Waals surface area contributed by atoms with Crippen LogP contribution in [-0.4, -0.2) is 25.2 Å². The van der Waals surface area contributed by atoms with E-state index in [2.05, 4.69) is 29.2 Å². The van der Waals surface area contributed by atoms with E-state index in [1.165, 1.54) is 6.33 Å². The van der Waals surface area contributed by atoms with Crippen LogP contribution in [0.15, 0.2) is 36.7 Å². The van der Waals surface area contributed by atoms with Crippen LogP contribution in [0.4, 0.5) is 0 Å². The Morgan fingerprint density at radius 1 is 1.25 bits per heavy atom. The molecule has 3 rings (SSSR count). The van der Waals surface area contributed by atoms with Gasteiger partial charge in [0.15, 0.2) is 0 Å². The maximum atomic E-state index is 12.8. The van der Waals surface area contributed by atoms with E-state index in [1.54, 1.807) is 4.68 Å². The summed E-state index contributed by atoms with van der Waals surface area (Å²) in [6, 6.07) is 9.74. The van der Waals surface area contributed by atoms with Crippen molar-refractivity contribution in [1.82, 2.24) is 24.6 Å². The molecule has 0 aliphatic heterocycles. The summed E-state index contributed by atoms with van der Waals surface area (Å²) in [5.74, 6) is 1.11. The molecule has 0 saturated heterocycles. The van der Waals surface area contributed by atoms with Gasteiger partial charge in [0.2, 0.25) is 0 Å². The van der Waals surface area contributed by atoms with Crippen LogP contribution in [0, 0.1) is 5.92 Å². The zero-order valence-electron chi connectivity index (χ0n) is 14.5. The first-order valence-corrected chi connectivity index (χ1v) is 8.16. The van der Waals surface area contributed by atoms with Crippen molar-refractivity contribution in [1.29, 1.82) is 0 Å². The van der Waals surface area contributed by atoms with Crippen LogP contribution in [0.1, 0.15) is 42.6 Å². The number of para-hydroxylation sites is 1. The van der Waals surface area contributed by atoms with Crippen molar-refractivity contribution in [2.75, 3.05) is 0 Å². The zero-order valence-corrected chi connectivity index (χ0v) is 14.5. The summed E-state index contributed by atoms with van der Waals surface area (Å²) >= 11 is 0. The molecule has 6 heteroatoms. The van der Waals surface area contributed by atoms with Crippen molar-refractivity contribution < 1.29 is 4.79 Å². The molecule has 2 aromatic heterocycles. The number of amides is 1. The number of rotatable bonds is 5. The minimum absolute atomic E-state index is 0.0950. The highest BCUT2D eigenvalue weighted by atomic mass is 16.2. The SMILES string of the molecule is CC(C)C[C@H](NC(=O)c1cc2ccccc2n1C)c1ncnn1C. The fraction of sp³-hybridized carbons (Fsp3) is 0.389. The third kappa shape index (κ3) is 3.04. The number of aromatic nitrogens is 4. The lowest BCUT2D eigenvalue weighted by molar-refractivity contribution is 0.0921. The lowest BCUT2D eigenvalue weighted by Crippen LogP contribution is -2.32. The molecule has 1 aromatic carbocycles. The first-order valence-electron chi connectivity index (χ1n) is 8.16. The van der Waals surface area contributed by atoms with Gasteiger partial charge in [-0.2, -0.15) is 5.10 Å². The topological polar surface area (TPSA) is 64.7 Å². The Bertz CT molecular complexity index is 861. The molecule has 0 saturated carbocycles. The van der Waals surface area contributed by atoms with Crippen LogP contribution >= 0.6 is 0 Å². The number of aryl methyl sites for hydroxylation is 2. The number of hydrogen-bond donors (Lipinski definition) is 1. The first-order chi connectivity index (χ1) is 11.5. The lowest BCUT2D eigenvalue weighted by Gasteiger charge is -2.20. The molecule has 3 aromatic rings. The maximum Gasteiger partial charge on any atom is 0.268 e. The third-order valence-electron chi connectivity index (χ3n) is 4.25. The maximum absolute atomic E-state index is 12.8. The molecule has 6 nitrogen and oxygen atoms in total. The molecule has 0 radical (unpaired) electrons. The van der Waals surface area contributed by atoms with Crippen molar-refractivity contribution in [2.24, 2.45) is 20.0 Å². The van der Waals surface area contributed by atoms with Crippen molar-refractivity contribution in [2.45, 2.75) is 26.3 Å². The molecule has 126 valence electrons. The largest absolute Gasteiger partial charge is 0.341 e. The number of carbonyl (C=O) groups is 1. The summed E-state index contributed by atoms with van der Waals surface area (Å²) in [6.07, 6.45) is 2.33. The predicted octanol–water partition coefficient (Wildman–Crippen LogP) is 2.82. The second-order valence-electron chi connectivity index (χ2n) is 6.54. The van der Waals surface area contributed by atoms with E-state index in [0.29, 0.717) is 11.6 Å². The Morgan fingerprint density at radius 2 is 2.00 bits per heavy atom. The van der Waals surface area contributed by atoms with E-state index in [1.807, 2.05) is 49.0 Å². The standard InChI is InChI=1S/C18H23N5O/c1-12(2)9-14(17-19-11-20-23(17)4)21-18(24)16-10-13-7-5-6-8-15(13)22(16)3/h5-8,10-12,14H,9H2,1-4H3,(H,21,24)/t14-/m0/s1. The molecule has 2 heterocycles. The molecular formula is C18H23N5O. The number of hydrogen-bond acceptors (Lipinski definition) is 3. The summed E-state index contributed by atoms with van der Waals surface area (Å²) in [5, 5.41) is 8.31. The molecule has 24 heavy (non-hydrogen) atoms. The average molecular weight is 325 g/mol. The van der Waals surface area contributed by atoms with E-state index in [4.69, 9.17) is 0 Å². The molecular weight excluding hydrogens is 302 g/mol. The number of nitrogens with zero attached hydrogens (tertiary/aromatic N) is 4. The van der Waals surface area contributed by atoms with Gasteiger partial charge in [0.1, 0.15) is 17.8 Å². The lowest BCUT2D eigenvalue weighted by atomic mass is 10.0.